The van der Waals surface area contributed by atoms with Crippen molar-refractivity contribution >= 4 is 38.4 Å². The van der Waals surface area contributed by atoms with Gasteiger partial charge >= 0.3 is 0 Å². The Morgan fingerprint density at radius 2 is 1.90 bits per heavy atom. The van der Waals surface area contributed by atoms with Gasteiger partial charge in [0.15, 0.2) is 0 Å². The predicted molar refractivity (Wildman–Crippen MR) is 111 cm³/mol. The topological polar surface area (TPSA) is 90.0 Å². The monoisotopic (exact) mass is 434 g/mol. The third-order valence-electron chi connectivity index (χ3n) is 5.18. The maximum absolute atomic E-state index is 13.1. The van der Waals surface area contributed by atoms with E-state index in [0.717, 1.165) is 16.0 Å². The van der Waals surface area contributed by atoms with Crippen LogP contribution in [0, 0.1) is 0 Å². The zero-order valence-corrected chi connectivity index (χ0v) is 17.8. The van der Waals surface area contributed by atoms with Crippen LogP contribution >= 0.6 is 11.3 Å². The summed E-state index contributed by atoms with van der Waals surface area (Å²) in [6.07, 6.45) is 0.440. The van der Waals surface area contributed by atoms with Crippen LogP contribution < -0.4 is 5.32 Å². The van der Waals surface area contributed by atoms with E-state index in [4.69, 9.17) is 0 Å². The molecule has 0 fully saturated rings. The van der Waals surface area contributed by atoms with Crippen molar-refractivity contribution < 1.29 is 18.0 Å². The molecule has 0 atom stereocenters. The summed E-state index contributed by atoms with van der Waals surface area (Å²) in [6, 6.07) is 9.43. The molecule has 4 rings (SSSR count). The van der Waals surface area contributed by atoms with Crippen LogP contribution in [0.25, 0.3) is 0 Å². The number of carbonyl (C=O) groups is 2. The zero-order chi connectivity index (χ0) is 20.8. The van der Waals surface area contributed by atoms with Crippen LogP contribution in [0.5, 0.6) is 0 Å². The summed E-state index contributed by atoms with van der Waals surface area (Å²) in [6.45, 7) is 0.788. The van der Waals surface area contributed by atoms with E-state index in [0.29, 0.717) is 23.5 Å². The molecule has 0 radical (unpaired) electrons. The van der Waals surface area contributed by atoms with Gasteiger partial charge in [-0.2, -0.15) is 17.0 Å². The lowest BCUT2D eigenvalue weighted by Gasteiger charge is -2.30. The number of anilines is 1. The van der Waals surface area contributed by atoms with Crippen molar-refractivity contribution in [2.45, 2.75) is 19.5 Å². The standard InChI is InChI=1S/C19H22N4O4S2/c1-21-12-16(24)20-18-17(19(21)25)14-8-9-23(11-15(14)28-18)29(26,27)22(2)10-13-6-4-3-5-7-13/h3-7H,8-12H2,1-2H3,(H,20,24). The maximum Gasteiger partial charge on any atom is 0.282 e. The van der Waals surface area contributed by atoms with Gasteiger partial charge in [0.05, 0.1) is 12.1 Å². The molecule has 2 aliphatic rings. The number of likely N-dealkylation sites (N-methyl/N-ethyl adjacent to an activating group) is 1. The molecule has 154 valence electrons. The molecular formula is C19H22N4O4S2. The van der Waals surface area contributed by atoms with Crippen LogP contribution in [0.3, 0.4) is 0 Å². The number of hydrogen-bond donors (Lipinski definition) is 1. The number of carbonyl (C=O) groups excluding carboxylic acids is 2. The summed E-state index contributed by atoms with van der Waals surface area (Å²) in [7, 11) is -0.490. The van der Waals surface area contributed by atoms with Gasteiger partial charge in [-0.05, 0) is 17.5 Å². The van der Waals surface area contributed by atoms with Gasteiger partial charge in [-0.1, -0.05) is 30.3 Å². The quantitative estimate of drug-likeness (QED) is 0.790. The van der Waals surface area contributed by atoms with Crippen molar-refractivity contribution in [3.63, 3.8) is 0 Å². The van der Waals surface area contributed by atoms with E-state index < -0.39 is 10.2 Å². The Balaban J connectivity index is 1.58. The number of benzene rings is 1. The summed E-state index contributed by atoms with van der Waals surface area (Å²) in [4.78, 5) is 26.9. The molecule has 1 aromatic heterocycles. The lowest BCUT2D eigenvalue weighted by molar-refractivity contribution is -0.116. The molecule has 2 aromatic rings. The van der Waals surface area contributed by atoms with Crippen molar-refractivity contribution in [2.75, 3.05) is 32.5 Å². The first-order valence-electron chi connectivity index (χ1n) is 9.22. The van der Waals surface area contributed by atoms with E-state index in [1.54, 1.807) is 14.1 Å². The predicted octanol–water partition coefficient (Wildman–Crippen LogP) is 1.51. The zero-order valence-electron chi connectivity index (χ0n) is 16.2. The molecule has 29 heavy (non-hydrogen) atoms. The Labute approximate surface area is 173 Å². The molecule has 3 heterocycles. The number of amides is 2. The van der Waals surface area contributed by atoms with E-state index in [1.807, 2.05) is 30.3 Å². The highest BCUT2D eigenvalue weighted by Crippen LogP contribution is 2.39. The molecule has 2 aliphatic heterocycles. The first-order chi connectivity index (χ1) is 13.8. The Morgan fingerprint density at radius 1 is 1.17 bits per heavy atom. The molecule has 1 aromatic carbocycles. The van der Waals surface area contributed by atoms with Crippen LogP contribution in [0.1, 0.15) is 26.4 Å². The second-order valence-corrected chi connectivity index (χ2v) is 10.4. The van der Waals surface area contributed by atoms with Crippen LogP contribution in [-0.2, 0) is 34.5 Å². The molecule has 0 unspecified atom stereocenters. The largest absolute Gasteiger partial charge is 0.332 e. The Hall–Kier alpha value is -2.27. The second-order valence-electron chi connectivity index (χ2n) is 7.25. The number of fused-ring (bicyclic) bond motifs is 3. The smallest absolute Gasteiger partial charge is 0.282 e. The van der Waals surface area contributed by atoms with Gasteiger partial charge in [-0.25, -0.2) is 0 Å². The van der Waals surface area contributed by atoms with Crippen molar-refractivity contribution in [2.24, 2.45) is 0 Å². The lowest BCUT2D eigenvalue weighted by Crippen LogP contribution is -2.44. The number of rotatable bonds is 4. The molecule has 0 bridgehead atoms. The van der Waals surface area contributed by atoms with Gasteiger partial charge in [0.25, 0.3) is 16.1 Å². The number of hydrogen-bond acceptors (Lipinski definition) is 5. The molecule has 0 saturated heterocycles. The SMILES string of the molecule is CN1CC(=O)Nc2sc3c(c2C1=O)CCN(S(=O)(=O)N(C)Cc1ccccc1)C3. The van der Waals surface area contributed by atoms with E-state index in [9.17, 15) is 18.0 Å². The molecule has 8 nitrogen and oxygen atoms in total. The fraction of sp³-hybridized carbons (Fsp3) is 0.368. The third-order valence-corrected chi connectivity index (χ3v) is 8.20. The minimum Gasteiger partial charge on any atom is -0.332 e. The van der Waals surface area contributed by atoms with Crippen molar-refractivity contribution in [3.05, 3.63) is 51.9 Å². The summed E-state index contributed by atoms with van der Waals surface area (Å²) in [5.74, 6) is -0.446. The first kappa shape index (κ1) is 20.0. The van der Waals surface area contributed by atoms with Gasteiger partial charge < -0.3 is 10.2 Å². The molecule has 0 aliphatic carbocycles. The van der Waals surface area contributed by atoms with Gasteiger partial charge in [0.1, 0.15) is 5.00 Å². The number of nitrogens with one attached hydrogen (secondary N) is 1. The fourth-order valence-electron chi connectivity index (χ4n) is 3.65. The highest BCUT2D eigenvalue weighted by Gasteiger charge is 2.36. The molecule has 2 amide bonds. The Kier molecular flexibility index (Phi) is 5.19. The van der Waals surface area contributed by atoms with Crippen molar-refractivity contribution in [3.8, 4) is 0 Å². The highest BCUT2D eigenvalue weighted by atomic mass is 32.2. The Bertz CT molecular complexity index is 1070. The Morgan fingerprint density at radius 3 is 2.62 bits per heavy atom. The fourth-order valence-corrected chi connectivity index (χ4v) is 6.33. The first-order valence-corrected chi connectivity index (χ1v) is 11.4. The molecule has 1 N–H and O–H groups in total. The lowest BCUT2D eigenvalue weighted by atomic mass is 10.0. The maximum atomic E-state index is 13.1. The second kappa shape index (κ2) is 7.52. The minimum absolute atomic E-state index is 0.0137. The molecule has 10 heteroatoms. The molecule has 0 saturated carbocycles. The summed E-state index contributed by atoms with van der Waals surface area (Å²) < 4.78 is 28.9. The van der Waals surface area contributed by atoms with Gasteiger partial charge in [-0.3, -0.25) is 9.59 Å². The van der Waals surface area contributed by atoms with Crippen LogP contribution in [0.2, 0.25) is 0 Å². The minimum atomic E-state index is -3.66. The van der Waals surface area contributed by atoms with E-state index in [2.05, 4.69) is 5.32 Å². The van der Waals surface area contributed by atoms with Crippen LogP contribution in [-0.4, -0.2) is 60.9 Å². The number of nitrogens with zero attached hydrogens (tertiary/aromatic N) is 3. The third kappa shape index (κ3) is 3.68. The van der Waals surface area contributed by atoms with Crippen LogP contribution in [0.15, 0.2) is 30.3 Å². The van der Waals surface area contributed by atoms with Crippen molar-refractivity contribution in [1.29, 1.82) is 0 Å². The van der Waals surface area contributed by atoms with Gasteiger partial charge in [0, 0.05) is 38.6 Å². The van der Waals surface area contributed by atoms with Crippen LogP contribution in [0.4, 0.5) is 5.00 Å². The van der Waals surface area contributed by atoms with Crippen molar-refractivity contribution in [1.82, 2.24) is 13.5 Å². The molecular weight excluding hydrogens is 412 g/mol. The average Bonchev–Trinajstić information content (AvgIpc) is 2.99. The van der Waals surface area contributed by atoms with E-state index in [1.165, 1.54) is 24.8 Å². The summed E-state index contributed by atoms with van der Waals surface area (Å²) in [5, 5.41) is 3.31. The van der Waals surface area contributed by atoms with E-state index >= 15 is 0 Å². The highest BCUT2D eigenvalue weighted by molar-refractivity contribution is 7.86. The summed E-state index contributed by atoms with van der Waals surface area (Å²) >= 11 is 1.29. The van der Waals surface area contributed by atoms with E-state index in [-0.39, 0.29) is 31.4 Å². The molecule has 0 spiro atoms. The normalized spacial score (nSPS) is 17.7. The van der Waals surface area contributed by atoms with Gasteiger partial charge in [0.2, 0.25) is 5.91 Å². The average molecular weight is 435 g/mol. The summed E-state index contributed by atoms with van der Waals surface area (Å²) in [5.41, 5.74) is 2.27. The van der Waals surface area contributed by atoms with Gasteiger partial charge in [-0.15, -0.1) is 11.3 Å². The number of thiophene rings is 1.